The van der Waals surface area contributed by atoms with Crippen LogP contribution < -0.4 is 5.43 Å². The fourth-order valence-corrected chi connectivity index (χ4v) is 4.92. The number of para-hydroxylation sites is 1. The van der Waals surface area contributed by atoms with Crippen LogP contribution in [0, 0.1) is 5.92 Å². The second-order valence-electron chi connectivity index (χ2n) is 7.59. The lowest BCUT2D eigenvalue weighted by molar-refractivity contribution is -0.148. The van der Waals surface area contributed by atoms with Crippen LogP contribution in [-0.4, -0.2) is 43.4 Å². The van der Waals surface area contributed by atoms with Crippen LogP contribution in [0.1, 0.15) is 33.6 Å². The molecule has 2 aromatic carbocycles. The van der Waals surface area contributed by atoms with Crippen LogP contribution in [0.3, 0.4) is 0 Å². The van der Waals surface area contributed by atoms with E-state index in [1.54, 1.807) is 31.2 Å². The minimum absolute atomic E-state index is 0.00252. The maximum absolute atomic E-state index is 13.3. The van der Waals surface area contributed by atoms with Gasteiger partial charge < -0.3 is 9.72 Å². The molecule has 0 bridgehead atoms. The molecule has 0 amide bonds. The number of aromatic nitrogens is 1. The standard InChI is InChI=1S/C23H28N2O5S/c1-4-12-25(13-14-30-23(27)16(3)5-2)31(28,29)17-10-11-19-21(15-17)24-20-9-7-6-8-18(20)22(19)26/h6-11,15-16H,4-5,12-14H2,1-3H3,(H,24,26). The Labute approximate surface area is 182 Å². The number of H-pyrrole nitrogens is 1. The number of sulfonamides is 1. The minimum atomic E-state index is -3.82. The van der Waals surface area contributed by atoms with E-state index >= 15 is 0 Å². The summed E-state index contributed by atoms with van der Waals surface area (Å²) in [6.07, 6.45) is 1.29. The molecule has 1 N–H and O–H groups in total. The SMILES string of the molecule is CCCN(CCOC(=O)C(C)CC)S(=O)(=O)c1ccc2c(=O)c3ccccc3[nH]c2c1. The van der Waals surface area contributed by atoms with Crippen LogP contribution in [-0.2, 0) is 19.6 Å². The second-order valence-corrected chi connectivity index (χ2v) is 9.53. The van der Waals surface area contributed by atoms with Crippen molar-refractivity contribution in [3.8, 4) is 0 Å². The average Bonchev–Trinajstić information content (AvgIpc) is 2.77. The van der Waals surface area contributed by atoms with E-state index in [0.717, 1.165) is 0 Å². The molecule has 0 saturated heterocycles. The van der Waals surface area contributed by atoms with Crippen LogP contribution in [0.2, 0.25) is 0 Å². The number of carbonyl (C=O) groups is 1. The van der Waals surface area contributed by atoms with Gasteiger partial charge in [0, 0.05) is 29.4 Å². The maximum atomic E-state index is 13.3. The van der Waals surface area contributed by atoms with Crippen molar-refractivity contribution in [2.24, 2.45) is 5.92 Å². The number of benzene rings is 2. The number of nitrogens with one attached hydrogen (secondary N) is 1. The maximum Gasteiger partial charge on any atom is 0.308 e. The number of carbonyl (C=O) groups excluding carboxylic acids is 1. The van der Waals surface area contributed by atoms with E-state index < -0.39 is 10.0 Å². The fraction of sp³-hybridized carbons (Fsp3) is 0.391. The first kappa shape index (κ1) is 23.0. The second kappa shape index (κ2) is 9.62. The van der Waals surface area contributed by atoms with E-state index in [1.807, 2.05) is 19.9 Å². The number of fused-ring (bicyclic) bond motifs is 2. The molecule has 0 aliphatic heterocycles. The minimum Gasteiger partial charge on any atom is -0.464 e. The first-order chi connectivity index (χ1) is 14.8. The first-order valence-corrected chi connectivity index (χ1v) is 11.9. The van der Waals surface area contributed by atoms with Gasteiger partial charge in [-0.3, -0.25) is 9.59 Å². The molecular weight excluding hydrogens is 416 g/mol. The summed E-state index contributed by atoms with van der Waals surface area (Å²) in [7, 11) is -3.82. The zero-order valence-corrected chi connectivity index (χ0v) is 18.9. The number of hydrogen-bond acceptors (Lipinski definition) is 5. The summed E-state index contributed by atoms with van der Waals surface area (Å²) in [5.74, 6) is -0.546. The van der Waals surface area contributed by atoms with Crippen molar-refractivity contribution in [1.29, 1.82) is 0 Å². The van der Waals surface area contributed by atoms with Crippen LogP contribution in [0.15, 0.2) is 52.2 Å². The van der Waals surface area contributed by atoms with Gasteiger partial charge in [0.2, 0.25) is 10.0 Å². The molecule has 1 unspecified atom stereocenters. The fourth-order valence-electron chi connectivity index (χ4n) is 3.37. The third-order valence-electron chi connectivity index (χ3n) is 5.39. The number of aromatic amines is 1. The van der Waals surface area contributed by atoms with E-state index in [9.17, 15) is 18.0 Å². The van der Waals surface area contributed by atoms with Crippen LogP contribution in [0.25, 0.3) is 21.8 Å². The summed E-state index contributed by atoms with van der Waals surface area (Å²) in [4.78, 5) is 27.9. The Bertz CT molecular complexity index is 1250. The Kier molecular flexibility index (Phi) is 7.12. The van der Waals surface area contributed by atoms with E-state index in [4.69, 9.17) is 4.74 Å². The summed E-state index contributed by atoms with van der Waals surface area (Å²) in [6.45, 7) is 5.94. The van der Waals surface area contributed by atoms with Gasteiger partial charge >= 0.3 is 5.97 Å². The molecule has 7 nitrogen and oxygen atoms in total. The molecule has 0 spiro atoms. The molecule has 0 fully saturated rings. The molecule has 3 aromatic rings. The molecule has 8 heteroatoms. The first-order valence-electron chi connectivity index (χ1n) is 10.5. The molecule has 1 aromatic heterocycles. The monoisotopic (exact) mass is 444 g/mol. The highest BCUT2D eigenvalue weighted by atomic mass is 32.2. The molecule has 0 aliphatic carbocycles. The normalized spacial score (nSPS) is 13.0. The van der Waals surface area contributed by atoms with Gasteiger partial charge in [-0.1, -0.05) is 32.9 Å². The summed E-state index contributed by atoms with van der Waals surface area (Å²) < 4.78 is 33.1. The Morgan fingerprint density at radius 1 is 1.06 bits per heavy atom. The van der Waals surface area contributed by atoms with E-state index in [0.29, 0.717) is 41.2 Å². The highest BCUT2D eigenvalue weighted by Gasteiger charge is 2.25. The van der Waals surface area contributed by atoms with Crippen LogP contribution in [0.4, 0.5) is 0 Å². The molecule has 0 aliphatic rings. The smallest absolute Gasteiger partial charge is 0.308 e. The van der Waals surface area contributed by atoms with Gasteiger partial charge in [0.25, 0.3) is 0 Å². The number of nitrogens with zero attached hydrogens (tertiary/aromatic N) is 1. The van der Waals surface area contributed by atoms with Gasteiger partial charge in [-0.25, -0.2) is 8.42 Å². The number of ether oxygens (including phenoxy) is 1. The van der Waals surface area contributed by atoms with E-state index in [-0.39, 0.29) is 35.4 Å². The van der Waals surface area contributed by atoms with E-state index in [1.165, 1.54) is 16.4 Å². The van der Waals surface area contributed by atoms with Gasteiger partial charge in [-0.15, -0.1) is 0 Å². The quantitative estimate of drug-likeness (QED) is 0.401. The third kappa shape index (κ3) is 4.80. The molecular formula is C23H28N2O5S. The summed E-state index contributed by atoms with van der Waals surface area (Å²) in [6, 6.07) is 11.6. The lowest BCUT2D eigenvalue weighted by Crippen LogP contribution is -2.35. The topological polar surface area (TPSA) is 96.5 Å². The van der Waals surface area contributed by atoms with Crippen LogP contribution >= 0.6 is 0 Å². The Morgan fingerprint density at radius 2 is 1.77 bits per heavy atom. The lowest BCUT2D eigenvalue weighted by atomic mass is 10.1. The van der Waals surface area contributed by atoms with Crippen LogP contribution in [0.5, 0.6) is 0 Å². The van der Waals surface area contributed by atoms with Gasteiger partial charge in [0.1, 0.15) is 6.61 Å². The predicted molar refractivity (Wildman–Crippen MR) is 122 cm³/mol. The molecule has 1 atom stereocenters. The summed E-state index contributed by atoms with van der Waals surface area (Å²) in [5.41, 5.74) is 0.969. The largest absolute Gasteiger partial charge is 0.464 e. The Hall–Kier alpha value is -2.71. The van der Waals surface area contributed by atoms with Crippen molar-refractivity contribution in [2.75, 3.05) is 19.7 Å². The third-order valence-corrected chi connectivity index (χ3v) is 7.28. The summed E-state index contributed by atoms with van der Waals surface area (Å²) in [5, 5.41) is 0.989. The van der Waals surface area contributed by atoms with Crippen molar-refractivity contribution in [3.63, 3.8) is 0 Å². The molecule has 0 radical (unpaired) electrons. The van der Waals surface area contributed by atoms with E-state index in [2.05, 4.69) is 4.98 Å². The van der Waals surface area contributed by atoms with Gasteiger partial charge in [0.15, 0.2) is 5.43 Å². The zero-order chi connectivity index (χ0) is 22.6. The molecule has 1 heterocycles. The van der Waals surface area contributed by atoms with Gasteiger partial charge in [-0.05, 0) is 43.2 Å². The number of hydrogen-bond donors (Lipinski definition) is 1. The van der Waals surface area contributed by atoms with Crippen molar-refractivity contribution < 1.29 is 17.9 Å². The number of esters is 1. The molecule has 166 valence electrons. The lowest BCUT2D eigenvalue weighted by Gasteiger charge is -2.22. The van der Waals surface area contributed by atoms with Crippen molar-refractivity contribution in [2.45, 2.75) is 38.5 Å². The highest BCUT2D eigenvalue weighted by Crippen LogP contribution is 2.22. The molecule has 0 saturated carbocycles. The van der Waals surface area contributed by atoms with Gasteiger partial charge in [0.05, 0.1) is 16.3 Å². The molecule has 3 rings (SSSR count). The predicted octanol–water partition coefficient (Wildman–Crippen LogP) is 3.67. The highest BCUT2D eigenvalue weighted by molar-refractivity contribution is 7.89. The summed E-state index contributed by atoms with van der Waals surface area (Å²) >= 11 is 0. The Morgan fingerprint density at radius 3 is 2.48 bits per heavy atom. The van der Waals surface area contributed by atoms with Gasteiger partial charge in [-0.2, -0.15) is 4.31 Å². The average molecular weight is 445 g/mol. The van der Waals surface area contributed by atoms with Crippen molar-refractivity contribution in [1.82, 2.24) is 9.29 Å². The Balaban J connectivity index is 1.91. The molecule has 31 heavy (non-hydrogen) atoms. The van der Waals surface area contributed by atoms with Crippen molar-refractivity contribution >= 4 is 37.8 Å². The number of pyridine rings is 1. The number of rotatable bonds is 9. The zero-order valence-electron chi connectivity index (χ0n) is 18.1. The van der Waals surface area contributed by atoms with Crippen molar-refractivity contribution in [3.05, 3.63) is 52.7 Å².